The SMILES string of the molecule is CC(C)c1c(C(=O)O)nc(S(C)(=O)=O)n1C. The van der Waals surface area contributed by atoms with Gasteiger partial charge in [0.15, 0.2) is 5.69 Å². The van der Waals surface area contributed by atoms with Crippen molar-refractivity contribution in [1.29, 1.82) is 0 Å². The highest BCUT2D eigenvalue weighted by atomic mass is 32.2. The van der Waals surface area contributed by atoms with Gasteiger partial charge in [-0.25, -0.2) is 18.2 Å². The van der Waals surface area contributed by atoms with E-state index in [4.69, 9.17) is 5.11 Å². The average Bonchev–Trinajstić information content (AvgIpc) is 2.41. The zero-order valence-electron chi connectivity index (χ0n) is 9.55. The molecule has 0 atom stereocenters. The van der Waals surface area contributed by atoms with E-state index in [1.165, 1.54) is 11.6 Å². The summed E-state index contributed by atoms with van der Waals surface area (Å²) in [5.41, 5.74) is 0.214. The topological polar surface area (TPSA) is 89.3 Å². The molecule has 0 saturated heterocycles. The second kappa shape index (κ2) is 3.89. The summed E-state index contributed by atoms with van der Waals surface area (Å²) in [6, 6.07) is 0. The normalized spacial score (nSPS) is 12.1. The van der Waals surface area contributed by atoms with Gasteiger partial charge in [-0.3, -0.25) is 0 Å². The van der Waals surface area contributed by atoms with Crippen LogP contribution >= 0.6 is 0 Å². The molecule has 0 amide bonds. The first-order valence-corrected chi connectivity index (χ1v) is 6.55. The Kier molecular flexibility index (Phi) is 3.09. The first-order valence-electron chi connectivity index (χ1n) is 4.66. The lowest BCUT2D eigenvalue weighted by Crippen LogP contribution is -2.09. The van der Waals surface area contributed by atoms with E-state index in [9.17, 15) is 13.2 Å². The molecule has 1 heterocycles. The fraction of sp³-hybridized carbons (Fsp3) is 0.556. The molecular weight excluding hydrogens is 232 g/mol. The van der Waals surface area contributed by atoms with E-state index < -0.39 is 15.8 Å². The number of aromatic nitrogens is 2. The average molecular weight is 246 g/mol. The first kappa shape index (κ1) is 12.7. The molecule has 0 saturated carbocycles. The third-order valence-corrected chi connectivity index (χ3v) is 3.21. The van der Waals surface area contributed by atoms with Crippen LogP contribution in [0.4, 0.5) is 0 Å². The van der Waals surface area contributed by atoms with Crippen molar-refractivity contribution >= 4 is 15.8 Å². The third kappa shape index (κ3) is 2.08. The largest absolute Gasteiger partial charge is 0.476 e. The summed E-state index contributed by atoms with van der Waals surface area (Å²) < 4.78 is 24.1. The Hall–Kier alpha value is -1.37. The highest BCUT2D eigenvalue weighted by molar-refractivity contribution is 7.90. The van der Waals surface area contributed by atoms with Crippen LogP contribution in [0.3, 0.4) is 0 Å². The predicted molar refractivity (Wildman–Crippen MR) is 57.4 cm³/mol. The molecule has 90 valence electrons. The molecule has 0 aliphatic carbocycles. The highest BCUT2D eigenvalue weighted by Gasteiger charge is 2.26. The van der Waals surface area contributed by atoms with Crippen molar-refractivity contribution in [3.8, 4) is 0 Å². The molecule has 16 heavy (non-hydrogen) atoms. The zero-order chi connectivity index (χ0) is 12.7. The molecule has 0 aliphatic rings. The van der Waals surface area contributed by atoms with Crippen LogP contribution in [-0.2, 0) is 16.9 Å². The quantitative estimate of drug-likeness (QED) is 0.845. The Morgan fingerprint density at radius 1 is 1.44 bits per heavy atom. The number of hydrogen-bond donors (Lipinski definition) is 1. The molecule has 7 heteroatoms. The van der Waals surface area contributed by atoms with Crippen LogP contribution in [0, 0.1) is 0 Å². The number of sulfone groups is 1. The predicted octanol–water partition coefficient (Wildman–Crippen LogP) is 0.645. The van der Waals surface area contributed by atoms with E-state index >= 15 is 0 Å². The summed E-state index contributed by atoms with van der Waals surface area (Å²) in [6.45, 7) is 3.57. The number of rotatable bonds is 3. The summed E-state index contributed by atoms with van der Waals surface area (Å²) in [5, 5.41) is 8.73. The lowest BCUT2D eigenvalue weighted by atomic mass is 10.1. The van der Waals surface area contributed by atoms with Crippen molar-refractivity contribution in [2.24, 2.45) is 7.05 Å². The second-order valence-electron chi connectivity index (χ2n) is 3.92. The van der Waals surface area contributed by atoms with Gasteiger partial charge in [-0.2, -0.15) is 0 Å². The molecule has 6 nitrogen and oxygen atoms in total. The number of carbonyl (C=O) groups is 1. The third-order valence-electron chi connectivity index (χ3n) is 2.18. The number of imidazole rings is 1. The molecule has 1 aromatic rings. The lowest BCUT2D eigenvalue weighted by molar-refractivity contribution is 0.0689. The van der Waals surface area contributed by atoms with Crippen LogP contribution in [0.5, 0.6) is 0 Å². The molecule has 1 N–H and O–H groups in total. The zero-order valence-corrected chi connectivity index (χ0v) is 10.4. The number of carboxylic acid groups (broad SMARTS) is 1. The molecule has 0 spiro atoms. The van der Waals surface area contributed by atoms with Gasteiger partial charge in [0.05, 0.1) is 5.69 Å². The number of hydrogen-bond acceptors (Lipinski definition) is 4. The molecule has 1 aromatic heterocycles. The van der Waals surface area contributed by atoms with E-state index in [2.05, 4.69) is 4.98 Å². The van der Waals surface area contributed by atoms with Gasteiger partial charge in [0.25, 0.3) is 0 Å². The second-order valence-corrected chi connectivity index (χ2v) is 5.83. The Morgan fingerprint density at radius 3 is 2.19 bits per heavy atom. The van der Waals surface area contributed by atoms with Crippen LogP contribution in [0.25, 0.3) is 0 Å². The smallest absolute Gasteiger partial charge is 0.356 e. The molecule has 0 aliphatic heterocycles. The maximum absolute atomic E-state index is 11.4. The van der Waals surface area contributed by atoms with E-state index in [1.54, 1.807) is 13.8 Å². The van der Waals surface area contributed by atoms with Gasteiger partial charge in [-0.05, 0) is 5.92 Å². The van der Waals surface area contributed by atoms with Gasteiger partial charge in [-0.15, -0.1) is 0 Å². The van der Waals surface area contributed by atoms with E-state index in [1.807, 2.05) is 0 Å². The highest BCUT2D eigenvalue weighted by Crippen LogP contribution is 2.22. The summed E-state index contributed by atoms with van der Waals surface area (Å²) in [4.78, 5) is 14.6. The van der Waals surface area contributed by atoms with Crippen LogP contribution < -0.4 is 0 Å². The molecule has 0 fully saturated rings. The van der Waals surface area contributed by atoms with Crippen molar-refractivity contribution in [3.63, 3.8) is 0 Å². The van der Waals surface area contributed by atoms with E-state index in [-0.39, 0.29) is 16.8 Å². The van der Waals surface area contributed by atoms with Gasteiger partial charge in [0.1, 0.15) is 0 Å². The number of aromatic carboxylic acids is 1. The van der Waals surface area contributed by atoms with Gasteiger partial charge >= 0.3 is 5.97 Å². The summed E-state index contributed by atoms with van der Waals surface area (Å²) >= 11 is 0. The van der Waals surface area contributed by atoms with Gasteiger partial charge in [-0.1, -0.05) is 13.8 Å². The van der Waals surface area contributed by atoms with Crippen LogP contribution in [-0.4, -0.2) is 35.3 Å². The molecular formula is C9H14N2O4S. The lowest BCUT2D eigenvalue weighted by Gasteiger charge is -2.08. The van der Waals surface area contributed by atoms with Crippen molar-refractivity contribution in [2.45, 2.75) is 24.9 Å². The Labute approximate surface area is 93.8 Å². The van der Waals surface area contributed by atoms with Crippen LogP contribution in [0.2, 0.25) is 0 Å². The maximum Gasteiger partial charge on any atom is 0.356 e. The minimum atomic E-state index is -3.51. The van der Waals surface area contributed by atoms with Crippen molar-refractivity contribution in [2.75, 3.05) is 6.26 Å². The summed E-state index contributed by atoms with van der Waals surface area (Å²) in [7, 11) is -2.01. The molecule has 0 aromatic carbocycles. The summed E-state index contributed by atoms with van der Waals surface area (Å²) in [5.74, 6) is -1.33. The molecule has 0 bridgehead atoms. The Bertz CT molecular complexity index is 528. The van der Waals surface area contributed by atoms with Crippen LogP contribution in [0.15, 0.2) is 5.16 Å². The van der Waals surface area contributed by atoms with Crippen molar-refractivity contribution < 1.29 is 18.3 Å². The van der Waals surface area contributed by atoms with Crippen LogP contribution in [0.1, 0.15) is 35.9 Å². The van der Waals surface area contributed by atoms with Crippen molar-refractivity contribution in [1.82, 2.24) is 9.55 Å². The Morgan fingerprint density at radius 2 is 1.94 bits per heavy atom. The van der Waals surface area contributed by atoms with Gasteiger partial charge in [0.2, 0.25) is 15.0 Å². The molecule has 1 rings (SSSR count). The van der Waals surface area contributed by atoms with Crippen molar-refractivity contribution in [3.05, 3.63) is 11.4 Å². The number of carboxylic acids is 1. The summed E-state index contributed by atoms with van der Waals surface area (Å²) in [6.07, 6.45) is 1.01. The van der Waals surface area contributed by atoms with Gasteiger partial charge in [0, 0.05) is 13.3 Å². The minimum Gasteiger partial charge on any atom is -0.476 e. The first-order chi connectivity index (χ1) is 7.16. The van der Waals surface area contributed by atoms with E-state index in [0.29, 0.717) is 5.69 Å². The monoisotopic (exact) mass is 246 g/mol. The van der Waals surface area contributed by atoms with E-state index in [0.717, 1.165) is 6.26 Å². The molecule has 0 unspecified atom stereocenters. The molecule has 0 radical (unpaired) electrons. The standard InChI is InChI=1S/C9H14N2O4S/c1-5(2)7-6(8(12)13)10-9(11(7)3)16(4,14)15/h5H,1-4H3,(H,12,13). The number of nitrogens with zero attached hydrogens (tertiary/aromatic N) is 2. The minimum absolute atomic E-state index is 0.112. The fourth-order valence-corrected chi connectivity index (χ4v) is 2.49. The fourth-order valence-electron chi connectivity index (χ4n) is 1.64. The van der Waals surface area contributed by atoms with Gasteiger partial charge < -0.3 is 9.67 Å². The maximum atomic E-state index is 11.4. The Balaban J connectivity index is 3.61.